The number of hydrogen-bond donors (Lipinski definition) is 1. The zero-order valence-electron chi connectivity index (χ0n) is 3.57. The molecule has 0 bridgehead atoms. The molecule has 0 atom stereocenters. The zero-order chi connectivity index (χ0) is 6.08. The quantitative estimate of drug-likeness (QED) is 0.562. The van der Waals surface area contributed by atoms with Crippen LogP contribution in [0.25, 0.3) is 0 Å². The van der Waals surface area contributed by atoms with Crippen LogP contribution in [-0.4, -0.2) is 17.3 Å². The summed E-state index contributed by atoms with van der Waals surface area (Å²) in [5, 5.41) is 7.12. The number of carboxylic acids is 1. The summed E-state index contributed by atoms with van der Waals surface area (Å²) in [5.41, 5.74) is 0. The maximum atomic E-state index is 10.6. The van der Waals surface area contributed by atoms with Gasteiger partial charge in [0.1, 0.15) is 0 Å². The first kappa shape index (κ1) is 11.0. The van der Waals surface area contributed by atoms with E-state index in [2.05, 4.69) is 0 Å². The molecule has 0 aromatic heterocycles. The molecule has 0 aliphatic carbocycles. The Morgan fingerprint density at radius 3 is 1.50 bits per heavy atom. The van der Waals surface area contributed by atoms with Crippen molar-refractivity contribution >= 4 is 5.97 Å². The number of alkyl halides is 3. The first-order valence-electron chi connectivity index (χ1n) is 1.24. The number of carboxylic acid groups (broad SMARTS) is 1. The van der Waals surface area contributed by atoms with Crippen molar-refractivity contribution in [3.63, 3.8) is 0 Å². The van der Waals surface area contributed by atoms with Crippen molar-refractivity contribution in [3.8, 4) is 0 Å². The van der Waals surface area contributed by atoms with Crippen molar-refractivity contribution in [2.24, 2.45) is 0 Å². The van der Waals surface area contributed by atoms with Gasteiger partial charge in [-0.25, -0.2) is 4.79 Å². The third-order valence-corrected chi connectivity index (χ3v) is 0.243. The van der Waals surface area contributed by atoms with E-state index in [9.17, 15) is 13.2 Å². The van der Waals surface area contributed by atoms with Gasteiger partial charge in [0.15, 0.2) is 0 Å². The molecule has 1 radical (unpaired) electrons. The van der Waals surface area contributed by atoms with E-state index in [1.807, 2.05) is 0 Å². The van der Waals surface area contributed by atoms with Crippen LogP contribution in [0.15, 0.2) is 0 Å². The van der Waals surface area contributed by atoms with Crippen LogP contribution in [0.2, 0.25) is 0 Å². The van der Waals surface area contributed by atoms with Gasteiger partial charge in [-0.05, 0) is 0 Å². The normalized spacial score (nSPS) is 9.88. The van der Waals surface area contributed by atoms with Crippen molar-refractivity contribution in [2.75, 3.05) is 0 Å². The molecule has 0 amide bonds. The molecule has 0 aliphatic rings. The monoisotopic (exact) mass is 159 g/mol. The molecule has 6 heteroatoms. The number of carbonyl (C=O) groups is 1. The summed E-state index contributed by atoms with van der Waals surface area (Å²) in [6.45, 7) is 0. The molecular weight excluding hydrogens is 158 g/mol. The second-order valence-corrected chi connectivity index (χ2v) is 0.803. The molecule has 1 N–H and O–H groups in total. The summed E-state index contributed by atoms with van der Waals surface area (Å²) in [6.07, 6.45) is -5.08. The Morgan fingerprint density at radius 1 is 1.38 bits per heavy atom. The Hall–Kier alpha value is 0.130. The van der Waals surface area contributed by atoms with E-state index in [0.29, 0.717) is 0 Å². The van der Waals surface area contributed by atoms with E-state index >= 15 is 0 Å². The van der Waals surface area contributed by atoms with Gasteiger partial charge in [-0.3, -0.25) is 0 Å². The average molecular weight is 159 g/mol. The van der Waals surface area contributed by atoms with E-state index < -0.39 is 12.1 Å². The van der Waals surface area contributed by atoms with Gasteiger partial charge in [0.05, 0.1) is 0 Å². The molecule has 0 aliphatic heterocycles. The summed E-state index contributed by atoms with van der Waals surface area (Å²) < 4.78 is 31.7. The molecule has 0 saturated carbocycles. The fourth-order valence-electron chi connectivity index (χ4n) is 0. The zero-order valence-corrected chi connectivity index (χ0v) is 5.37. The minimum Gasteiger partial charge on any atom is -0.475 e. The second kappa shape index (κ2) is 3.21. The van der Waals surface area contributed by atoms with Crippen LogP contribution in [0, 0.1) is 0 Å². The molecule has 0 unspecified atom stereocenters. The van der Waals surface area contributed by atoms with Gasteiger partial charge >= 0.3 is 12.1 Å². The molecule has 0 spiro atoms. The van der Waals surface area contributed by atoms with Crippen LogP contribution < -0.4 is 0 Å². The van der Waals surface area contributed by atoms with Crippen LogP contribution in [-0.2, 0) is 30.6 Å². The minimum atomic E-state index is -5.08. The number of aliphatic carboxylic acids is 1. The number of rotatable bonds is 0. The first-order chi connectivity index (χ1) is 2.94. The largest absolute Gasteiger partial charge is 0.490 e. The Bertz CT molecular complexity index is 87.8. The molecule has 0 heterocycles. The minimum absolute atomic E-state index is 0. The molecule has 45 valence electrons. The van der Waals surface area contributed by atoms with E-state index in [-0.39, 0.29) is 25.8 Å². The standard InChI is InChI=1S/C2HF3O2.Sc/c3-2(4,5)1(6)7;/h(H,6,7);. The molecule has 2 nitrogen and oxygen atoms in total. The Morgan fingerprint density at radius 2 is 1.50 bits per heavy atom. The third-order valence-electron chi connectivity index (χ3n) is 0.243. The van der Waals surface area contributed by atoms with Crippen LogP contribution in [0.3, 0.4) is 0 Å². The SMILES string of the molecule is O=C(O)C(F)(F)F.[Sc]. The summed E-state index contributed by atoms with van der Waals surface area (Å²) in [4.78, 5) is 8.90. The van der Waals surface area contributed by atoms with Crippen LogP contribution >= 0.6 is 0 Å². The topological polar surface area (TPSA) is 37.3 Å². The molecule has 8 heavy (non-hydrogen) atoms. The van der Waals surface area contributed by atoms with E-state index in [4.69, 9.17) is 9.90 Å². The Kier molecular flexibility index (Phi) is 4.42. The molecule has 0 rings (SSSR count). The Balaban J connectivity index is 0. The predicted molar refractivity (Wildman–Crippen MR) is 13.7 cm³/mol. The third kappa shape index (κ3) is 4.29. The number of hydrogen-bond acceptors (Lipinski definition) is 1. The van der Waals surface area contributed by atoms with Crippen LogP contribution in [0.4, 0.5) is 13.2 Å². The average Bonchev–Trinajstić information content (AvgIpc) is 1.31. The number of halogens is 3. The maximum absolute atomic E-state index is 10.6. The summed E-state index contributed by atoms with van der Waals surface area (Å²) in [6, 6.07) is 0. The van der Waals surface area contributed by atoms with E-state index in [1.165, 1.54) is 0 Å². The first-order valence-corrected chi connectivity index (χ1v) is 1.24. The van der Waals surface area contributed by atoms with E-state index in [0.717, 1.165) is 0 Å². The van der Waals surface area contributed by atoms with Crippen molar-refractivity contribution in [3.05, 3.63) is 0 Å². The molecule has 0 aromatic carbocycles. The van der Waals surface area contributed by atoms with Crippen LogP contribution in [0.1, 0.15) is 0 Å². The van der Waals surface area contributed by atoms with Gasteiger partial charge in [0.2, 0.25) is 0 Å². The summed E-state index contributed by atoms with van der Waals surface area (Å²) in [5.74, 6) is -2.76. The van der Waals surface area contributed by atoms with E-state index in [1.54, 1.807) is 0 Å². The predicted octanol–water partition coefficient (Wildman–Crippen LogP) is 0.631. The van der Waals surface area contributed by atoms with Gasteiger partial charge in [0, 0.05) is 25.8 Å². The molecule has 0 aromatic rings. The van der Waals surface area contributed by atoms with Crippen LogP contribution in [0.5, 0.6) is 0 Å². The summed E-state index contributed by atoms with van der Waals surface area (Å²) in [7, 11) is 0. The van der Waals surface area contributed by atoms with Crippen molar-refractivity contribution in [2.45, 2.75) is 6.18 Å². The van der Waals surface area contributed by atoms with Gasteiger partial charge in [-0.1, -0.05) is 0 Å². The fraction of sp³-hybridized carbons (Fsp3) is 0.500. The summed E-state index contributed by atoms with van der Waals surface area (Å²) >= 11 is 0. The second-order valence-electron chi connectivity index (χ2n) is 0.803. The maximum Gasteiger partial charge on any atom is 0.490 e. The molecular formula is C2HF3O2Sc. The van der Waals surface area contributed by atoms with Crippen molar-refractivity contribution in [1.29, 1.82) is 0 Å². The van der Waals surface area contributed by atoms with Gasteiger partial charge in [-0.15, -0.1) is 0 Å². The van der Waals surface area contributed by atoms with Gasteiger partial charge in [-0.2, -0.15) is 13.2 Å². The molecule has 0 saturated heterocycles. The van der Waals surface area contributed by atoms with Crippen molar-refractivity contribution in [1.82, 2.24) is 0 Å². The van der Waals surface area contributed by atoms with Gasteiger partial charge < -0.3 is 5.11 Å². The smallest absolute Gasteiger partial charge is 0.475 e. The van der Waals surface area contributed by atoms with Crippen molar-refractivity contribution < 1.29 is 48.9 Å². The molecule has 0 fully saturated rings. The Labute approximate surface area is 61.5 Å². The fourth-order valence-corrected chi connectivity index (χ4v) is 0. The van der Waals surface area contributed by atoms with Gasteiger partial charge in [0.25, 0.3) is 0 Å².